The molecule has 1 rings (SSSR count). The molecule has 0 aliphatic carbocycles. The lowest BCUT2D eigenvalue weighted by Gasteiger charge is -2.15. The molecule has 0 aromatic carbocycles. The molecule has 102 valence electrons. The van der Waals surface area contributed by atoms with Crippen LogP contribution in [-0.4, -0.2) is 45.9 Å². The van der Waals surface area contributed by atoms with Crippen LogP contribution in [0.4, 0.5) is 0 Å². The molecule has 17 heavy (non-hydrogen) atoms. The number of hydrogen-bond acceptors (Lipinski definition) is 4. The molecule has 1 heterocycles. The van der Waals surface area contributed by atoms with E-state index in [4.69, 9.17) is 18.9 Å². The molecule has 0 bridgehead atoms. The minimum atomic E-state index is 0.217. The van der Waals surface area contributed by atoms with E-state index in [2.05, 4.69) is 6.92 Å². The normalized spacial score (nSPS) is 20.5. The van der Waals surface area contributed by atoms with E-state index < -0.39 is 0 Å². The van der Waals surface area contributed by atoms with Gasteiger partial charge in [0.25, 0.3) is 0 Å². The Labute approximate surface area is 105 Å². The van der Waals surface area contributed by atoms with Crippen LogP contribution >= 0.6 is 0 Å². The van der Waals surface area contributed by atoms with Gasteiger partial charge in [0.15, 0.2) is 0 Å². The van der Waals surface area contributed by atoms with Crippen molar-refractivity contribution in [1.82, 2.24) is 0 Å². The SMILES string of the molecule is CCCCCC[C@H](OCOCCOC)[C@@H]1CO1. The Balaban J connectivity index is 1.98. The summed E-state index contributed by atoms with van der Waals surface area (Å²) in [7, 11) is 1.67. The standard InChI is InChI=1S/C13H26O4/c1-3-4-5-6-7-12(13-10-16-13)17-11-15-9-8-14-2/h12-13H,3-11H2,1-2H3/t12-,13-/m0/s1. The third-order valence-corrected chi connectivity index (χ3v) is 2.91. The van der Waals surface area contributed by atoms with Crippen molar-refractivity contribution in [3.8, 4) is 0 Å². The second kappa shape index (κ2) is 9.83. The van der Waals surface area contributed by atoms with Crippen molar-refractivity contribution in [3.05, 3.63) is 0 Å². The Bertz CT molecular complexity index is 171. The topological polar surface area (TPSA) is 40.2 Å². The predicted molar refractivity (Wildman–Crippen MR) is 66.1 cm³/mol. The summed E-state index contributed by atoms with van der Waals surface area (Å²) in [6.45, 7) is 4.62. The van der Waals surface area contributed by atoms with Gasteiger partial charge in [0.05, 0.1) is 25.9 Å². The van der Waals surface area contributed by atoms with E-state index in [1.54, 1.807) is 7.11 Å². The maximum absolute atomic E-state index is 5.69. The van der Waals surface area contributed by atoms with Crippen molar-refractivity contribution in [2.75, 3.05) is 33.7 Å². The number of unbranched alkanes of at least 4 members (excludes halogenated alkanes) is 3. The quantitative estimate of drug-likeness (QED) is 0.301. The number of rotatable bonds is 12. The van der Waals surface area contributed by atoms with Crippen LogP contribution in [0.2, 0.25) is 0 Å². The molecule has 2 atom stereocenters. The van der Waals surface area contributed by atoms with Crippen molar-refractivity contribution in [2.45, 2.75) is 51.2 Å². The minimum absolute atomic E-state index is 0.217. The zero-order valence-corrected chi connectivity index (χ0v) is 11.2. The summed E-state index contributed by atoms with van der Waals surface area (Å²) < 4.78 is 21.2. The Kier molecular flexibility index (Phi) is 8.61. The lowest BCUT2D eigenvalue weighted by molar-refractivity contribution is -0.106. The second-order valence-corrected chi connectivity index (χ2v) is 4.45. The van der Waals surface area contributed by atoms with Gasteiger partial charge in [-0.2, -0.15) is 0 Å². The largest absolute Gasteiger partial charge is 0.382 e. The van der Waals surface area contributed by atoms with Gasteiger partial charge in [-0.3, -0.25) is 0 Å². The lowest BCUT2D eigenvalue weighted by Crippen LogP contribution is -2.22. The Morgan fingerprint density at radius 1 is 1.24 bits per heavy atom. The van der Waals surface area contributed by atoms with Crippen LogP contribution < -0.4 is 0 Å². The summed E-state index contributed by atoms with van der Waals surface area (Å²) in [6.07, 6.45) is 6.69. The van der Waals surface area contributed by atoms with Crippen LogP contribution in [0, 0.1) is 0 Å². The molecule has 0 N–H and O–H groups in total. The first-order chi connectivity index (χ1) is 8.38. The van der Waals surface area contributed by atoms with Crippen LogP contribution in [0.3, 0.4) is 0 Å². The first-order valence-corrected chi connectivity index (χ1v) is 6.68. The molecule has 1 saturated heterocycles. The Hall–Kier alpha value is -0.160. The van der Waals surface area contributed by atoms with Gasteiger partial charge in [-0.05, 0) is 6.42 Å². The van der Waals surface area contributed by atoms with Gasteiger partial charge in [-0.15, -0.1) is 0 Å². The number of ether oxygens (including phenoxy) is 4. The molecular formula is C13H26O4. The van der Waals surface area contributed by atoms with Gasteiger partial charge in [0.1, 0.15) is 12.9 Å². The van der Waals surface area contributed by atoms with E-state index in [1.807, 2.05) is 0 Å². The monoisotopic (exact) mass is 246 g/mol. The van der Waals surface area contributed by atoms with Crippen molar-refractivity contribution in [2.24, 2.45) is 0 Å². The Morgan fingerprint density at radius 2 is 2.06 bits per heavy atom. The molecule has 0 unspecified atom stereocenters. The summed E-state index contributed by atoms with van der Waals surface area (Å²) in [5.41, 5.74) is 0. The van der Waals surface area contributed by atoms with Gasteiger partial charge in [0.2, 0.25) is 0 Å². The van der Waals surface area contributed by atoms with E-state index in [-0.39, 0.29) is 6.10 Å². The van der Waals surface area contributed by atoms with Crippen LogP contribution in [0.25, 0.3) is 0 Å². The molecule has 4 nitrogen and oxygen atoms in total. The smallest absolute Gasteiger partial charge is 0.147 e. The van der Waals surface area contributed by atoms with Crippen LogP contribution in [0.1, 0.15) is 39.0 Å². The summed E-state index contributed by atoms with van der Waals surface area (Å²) in [5.74, 6) is 0. The first kappa shape index (κ1) is 14.9. The van der Waals surface area contributed by atoms with Crippen LogP contribution in [-0.2, 0) is 18.9 Å². The van der Waals surface area contributed by atoms with Crippen molar-refractivity contribution in [1.29, 1.82) is 0 Å². The summed E-state index contributed by atoms with van der Waals surface area (Å²) in [6, 6.07) is 0. The third kappa shape index (κ3) is 7.71. The fourth-order valence-electron chi connectivity index (χ4n) is 1.76. The first-order valence-electron chi connectivity index (χ1n) is 6.68. The fraction of sp³-hybridized carbons (Fsp3) is 1.00. The minimum Gasteiger partial charge on any atom is -0.382 e. The van der Waals surface area contributed by atoms with E-state index in [9.17, 15) is 0 Å². The molecule has 0 aromatic rings. The lowest BCUT2D eigenvalue weighted by atomic mass is 10.1. The van der Waals surface area contributed by atoms with E-state index >= 15 is 0 Å². The van der Waals surface area contributed by atoms with Gasteiger partial charge >= 0.3 is 0 Å². The molecule has 1 aliphatic rings. The third-order valence-electron chi connectivity index (χ3n) is 2.91. The highest BCUT2D eigenvalue weighted by atomic mass is 16.7. The molecule has 0 aromatic heterocycles. The molecular weight excluding hydrogens is 220 g/mol. The zero-order chi connectivity index (χ0) is 12.3. The van der Waals surface area contributed by atoms with E-state index in [1.165, 1.54) is 25.7 Å². The molecule has 1 aliphatic heterocycles. The van der Waals surface area contributed by atoms with E-state index in [0.717, 1.165) is 13.0 Å². The molecule has 0 radical (unpaired) electrons. The van der Waals surface area contributed by atoms with Crippen molar-refractivity contribution >= 4 is 0 Å². The maximum atomic E-state index is 5.69. The van der Waals surface area contributed by atoms with Crippen LogP contribution in [0.5, 0.6) is 0 Å². The zero-order valence-electron chi connectivity index (χ0n) is 11.2. The number of epoxide rings is 1. The summed E-state index contributed by atoms with van der Waals surface area (Å²) in [4.78, 5) is 0. The highest BCUT2D eigenvalue weighted by Gasteiger charge is 2.33. The van der Waals surface area contributed by atoms with Crippen molar-refractivity contribution < 1.29 is 18.9 Å². The van der Waals surface area contributed by atoms with E-state index in [0.29, 0.717) is 26.1 Å². The van der Waals surface area contributed by atoms with Crippen LogP contribution in [0.15, 0.2) is 0 Å². The molecule has 0 saturated carbocycles. The van der Waals surface area contributed by atoms with Gasteiger partial charge in [-0.1, -0.05) is 32.6 Å². The average Bonchev–Trinajstić information content (AvgIpc) is 3.16. The van der Waals surface area contributed by atoms with Gasteiger partial charge in [0, 0.05) is 7.11 Å². The second-order valence-electron chi connectivity index (χ2n) is 4.45. The highest BCUT2D eigenvalue weighted by molar-refractivity contribution is 4.79. The Morgan fingerprint density at radius 3 is 2.71 bits per heavy atom. The van der Waals surface area contributed by atoms with Gasteiger partial charge in [-0.25, -0.2) is 0 Å². The molecule has 0 spiro atoms. The molecule has 1 fully saturated rings. The fourth-order valence-corrected chi connectivity index (χ4v) is 1.76. The highest BCUT2D eigenvalue weighted by Crippen LogP contribution is 2.22. The van der Waals surface area contributed by atoms with Crippen molar-refractivity contribution in [3.63, 3.8) is 0 Å². The van der Waals surface area contributed by atoms with Gasteiger partial charge < -0.3 is 18.9 Å². The number of hydrogen-bond donors (Lipinski definition) is 0. The maximum Gasteiger partial charge on any atom is 0.147 e. The number of methoxy groups -OCH3 is 1. The molecule has 4 heteroatoms. The summed E-state index contributed by atoms with van der Waals surface area (Å²) >= 11 is 0. The summed E-state index contributed by atoms with van der Waals surface area (Å²) in [5, 5.41) is 0. The predicted octanol–water partition coefficient (Wildman–Crippen LogP) is 2.36. The molecule has 0 amide bonds. The average molecular weight is 246 g/mol.